The molecule has 8 heteroatoms. The number of hydrogen-bond donors (Lipinski definition) is 3. The lowest BCUT2D eigenvalue weighted by Gasteiger charge is -2.22. The highest BCUT2D eigenvalue weighted by atomic mass is 79.9. The van der Waals surface area contributed by atoms with Crippen LogP contribution < -0.4 is 16.0 Å². The van der Waals surface area contributed by atoms with Gasteiger partial charge in [-0.05, 0) is 68.6 Å². The Balaban J connectivity index is 2.04. The van der Waals surface area contributed by atoms with Gasteiger partial charge in [0.05, 0.1) is 15.8 Å². The molecule has 1 saturated carbocycles. The molecule has 0 heterocycles. The van der Waals surface area contributed by atoms with Crippen molar-refractivity contribution in [2.24, 2.45) is 0 Å². The van der Waals surface area contributed by atoms with Crippen LogP contribution in [0.2, 0.25) is 0 Å². The lowest BCUT2D eigenvalue weighted by atomic mass is 10.2. The molecule has 25 heavy (non-hydrogen) atoms. The van der Waals surface area contributed by atoms with E-state index in [0.29, 0.717) is 11.4 Å². The van der Waals surface area contributed by atoms with Crippen molar-refractivity contribution < 1.29 is 18.7 Å². The molecule has 1 fully saturated rings. The van der Waals surface area contributed by atoms with Crippen LogP contribution in [-0.4, -0.2) is 29.7 Å². The SMILES string of the molecule is CC(NC(=O)OC(C)(C)C)C(=O)Nc1ccc(F)c(Br)c1NC1CC1. The third kappa shape index (κ3) is 5.88. The molecule has 0 aliphatic heterocycles. The Kier molecular flexibility index (Phi) is 5.92. The van der Waals surface area contributed by atoms with Crippen LogP contribution in [0.5, 0.6) is 0 Å². The first-order valence-electron chi connectivity index (χ1n) is 8.12. The summed E-state index contributed by atoms with van der Waals surface area (Å²) in [6, 6.07) is 2.23. The molecule has 2 rings (SSSR count). The van der Waals surface area contributed by atoms with Crippen molar-refractivity contribution in [2.45, 2.75) is 58.2 Å². The zero-order valence-electron chi connectivity index (χ0n) is 14.7. The number of rotatable bonds is 5. The Morgan fingerprint density at radius 3 is 2.52 bits per heavy atom. The summed E-state index contributed by atoms with van der Waals surface area (Å²) in [5.74, 6) is -0.843. The Bertz CT molecular complexity index is 672. The van der Waals surface area contributed by atoms with Crippen LogP contribution in [0.3, 0.4) is 0 Å². The molecule has 0 bridgehead atoms. The second kappa shape index (κ2) is 7.59. The van der Waals surface area contributed by atoms with Crippen molar-refractivity contribution in [3.8, 4) is 0 Å². The first-order valence-corrected chi connectivity index (χ1v) is 8.91. The molecule has 2 amide bonds. The van der Waals surface area contributed by atoms with Crippen LogP contribution >= 0.6 is 15.9 Å². The van der Waals surface area contributed by atoms with Crippen LogP contribution in [0.15, 0.2) is 16.6 Å². The van der Waals surface area contributed by atoms with E-state index >= 15 is 0 Å². The van der Waals surface area contributed by atoms with Crippen molar-refractivity contribution in [3.63, 3.8) is 0 Å². The first-order chi connectivity index (χ1) is 11.6. The molecule has 1 aliphatic carbocycles. The number of carbonyl (C=O) groups excluding carboxylic acids is 2. The second-order valence-corrected chi connectivity index (χ2v) is 7.85. The van der Waals surface area contributed by atoms with Gasteiger partial charge in [-0.25, -0.2) is 9.18 Å². The maximum absolute atomic E-state index is 13.8. The summed E-state index contributed by atoms with van der Waals surface area (Å²) in [5.41, 5.74) is 0.298. The molecule has 1 atom stereocenters. The number of amides is 2. The molecular formula is C17H23BrFN3O3. The number of halogens is 2. The van der Waals surface area contributed by atoms with Gasteiger partial charge in [0.2, 0.25) is 5.91 Å². The van der Waals surface area contributed by atoms with Crippen molar-refractivity contribution in [1.29, 1.82) is 0 Å². The van der Waals surface area contributed by atoms with Crippen LogP contribution in [0.4, 0.5) is 20.6 Å². The number of ether oxygens (including phenoxy) is 1. The van der Waals surface area contributed by atoms with Crippen LogP contribution in [-0.2, 0) is 9.53 Å². The highest BCUT2D eigenvalue weighted by molar-refractivity contribution is 9.10. The predicted octanol–water partition coefficient (Wildman–Crippen LogP) is 4.01. The standard InChI is InChI=1S/C17H23BrFN3O3/c1-9(20-16(24)25-17(2,3)4)15(23)22-12-8-7-11(19)13(18)14(12)21-10-5-6-10/h7-10,21H,5-6H2,1-4H3,(H,20,24)(H,22,23). The predicted molar refractivity (Wildman–Crippen MR) is 98.2 cm³/mol. The lowest BCUT2D eigenvalue weighted by Crippen LogP contribution is -2.44. The van der Waals surface area contributed by atoms with Gasteiger partial charge in [-0.1, -0.05) is 0 Å². The Morgan fingerprint density at radius 2 is 1.96 bits per heavy atom. The van der Waals surface area contributed by atoms with E-state index in [0.717, 1.165) is 12.8 Å². The van der Waals surface area contributed by atoms with Gasteiger partial charge in [-0.3, -0.25) is 4.79 Å². The summed E-state index contributed by atoms with van der Waals surface area (Å²) in [7, 11) is 0. The van der Waals surface area contributed by atoms with E-state index in [1.54, 1.807) is 27.7 Å². The summed E-state index contributed by atoms with van der Waals surface area (Å²) in [6.45, 7) is 6.77. The van der Waals surface area contributed by atoms with E-state index in [1.807, 2.05) is 0 Å². The number of hydrogen-bond acceptors (Lipinski definition) is 4. The van der Waals surface area contributed by atoms with Crippen LogP contribution in [0, 0.1) is 5.82 Å². The molecule has 3 N–H and O–H groups in total. The Labute approximate surface area is 155 Å². The number of benzene rings is 1. The van der Waals surface area contributed by atoms with Gasteiger partial charge in [0.15, 0.2) is 0 Å². The zero-order valence-corrected chi connectivity index (χ0v) is 16.3. The molecule has 0 aromatic heterocycles. The van der Waals surface area contributed by atoms with E-state index in [4.69, 9.17) is 4.74 Å². The van der Waals surface area contributed by atoms with E-state index < -0.39 is 29.5 Å². The van der Waals surface area contributed by atoms with Gasteiger partial charge in [-0.15, -0.1) is 0 Å². The Morgan fingerprint density at radius 1 is 1.32 bits per heavy atom. The molecule has 6 nitrogen and oxygen atoms in total. The highest BCUT2D eigenvalue weighted by Gasteiger charge is 2.26. The molecule has 1 aromatic rings. The summed E-state index contributed by atoms with van der Waals surface area (Å²) in [4.78, 5) is 24.1. The quantitative estimate of drug-likeness (QED) is 0.678. The van der Waals surface area contributed by atoms with Crippen LogP contribution in [0.1, 0.15) is 40.5 Å². The third-order valence-corrected chi connectivity index (χ3v) is 4.18. The summed E-state index contributed by atoms with van der Waals surface area (Å²) >= 11 is 3.21. The number of alkyl carbamates (subject to hydrolysis) is 1. The third-order valence-electron chi connectivity index (χ3n) is 3.41. The summed E-state index contributed by atoms with van der Waals surface area (Å²) < 4.78 is 19.2. The minimum absolute atomic E-state index is 0.268. The normalized spacial score (nSPS) is 15.3. The van der Waals surface area contributed by atoms with Crippen molar-refractivity contribution in [3.05, 3.63) is 22.4 Å². The molecular weight excluding hydrogens is 393 g/mol. The average molecular weight is 416 g/mol. The van der Waals surface area contributed by atoms with Gasteiger partial charge >= 0.3 is 6.09 Å². The minimum atomic E-state index is -0.813. The largest absolute Gasteiger partial charge is 0.444 e. The molecule has 0 saturated heterocycles. The molecule has 0 radical (unpaired) electrons. The smallest absolute Gasteiger partial charge is 0.408 e. The fourth-order valence-corrected chi connectivity index (χ4v) is 2.48. The average Bonchev–Trinajstić information content (AvgIpc) is 3.28. The number of nitrogens with one attached hydrogen (secondary N) is 3. The fourth-order valence-electron chi connectivity index (χ4n) is 2.02. The van der Waals surface area contributed by atoms with Gasteiger partial charge in [-0.2, -0.15) is 0 Å². The molecule has 1 unspecified atom stereocenters. The van der Waals surface area contributed by atoms with E-state index in [9.17, 15) is 14.0 Å². The molecule has 138 valence electrons. The van der Waals surface area contributed by atoms with E-state index in [2.05, 4.69) is 31.9 Å². The summed E-state index contributed by atoms with van der Waals surface area (Å²) in [5, 5.41) is 8.38. The van der Waals surface area contributed by atoms with E-state index in [1.165, 1.54) is 12.1 Å². The van der Waals surface area contributed by atoms with Gasteiger partial charge in [0.1, 0.15) is 17.5 Å². The monoisotopic (exact) mass is 415 g/mol. The van der Waals surface area contributed by atoms with Crippen molar-refractivity contribution in [1.82, 2.24) is 5.32 Å². The molecule has 1 aromatic carbocycles. The van der Waals surface area contributed by atoms with Crippen LogP contribution in [0.25, 0.3) is 0 Å². The summed E-state index contributed by atoms with van der Waals surface area (Å²) in [6.07, 6.45) is 1.34. The molecule has 1 aliphatic rings. The van der Waals surface area contributed by atoms with E-state index in [-0.39, 0.29) is 10.5 Å². The molecule has 0 spiro atoms. The van der Waals surface area contributed by atoms with Crippen molar-refractivity contribution >= 4 is 39.3 Å². The maximum Gasteiger partial charge on any atom is 0.408 e. The fraction of sp³-hybridized carbons (Fsp3) is 0.529. The Hall–Kier alpha value is -1.83. The second-order valence-electron chi connectivity index (χ2n) is 7.06. The van der Waals surface area contributed by atoms with Gasteiger partial charge in [0.25, 0.3) is 0 Å². The first kappa shape index (κ1) is 19.5. The van der Waals surface area contributed by atoms with Gasteiger partial charge < -0.3 is 20.7 Å². The maximum atomic E-state index is 13.8. The zero-order chi connectivity index (χ0) is 18.8. The van der Waals surface area contributed by atoms with Crippen molar-refractivity contribution in [2.75, 3.05) is 10.6 Å². The topological polar surface area (TPSA) is 79.5 Å². The highest BCUT2D eigenvalue weighted by Crippen LogP contribution is 2.37. The number of carbonyl (C=O) groups is 2. The lowest BCUT2D eigenvalue weighted by molar-refractivity contribution is -0.117. The number of anilines is 2. The minimum Gasteiger partial charge on any atom is -0.444 e. The van der Waals surface area contributed by atoms with Gasteiger partial charge in [0, 0.05) is 6.04 Å².